The van der Waals surface area contributed by atoms with Gasteiger partial charge in [-0.15, -0.1) is 12.4 Å². The second-order valence-electron chi connectivity index (χ2n) is 2.27. The van der Waals surface area contributed by atoms with E-state index in [1.54, 1.807) is 6.07 Å². The first-order valence-electron chi connectivity index (χ1n) is 3.25. The first kappa shape index (κ1) is 12.6. The zero-order chi connectivity index (χ0) is 9.19. The Morgan fingerprint density at radius 3 is 2.38 bits per heavy atom. The van der Waals surface area contributed by atoms with E-state index in [0.717, 1.165) is 5.56 Å². The van der Waals surface area contributed by atoms with Gasteiger partial charge >= 0.3 is 7.60 Å². The van der Waals surface area contributed by atoms with Crippen LogP contribution in [0, 0.1) is 0 Å². The smallest absolute Gasteiger partial charge is 0.326 e. The van der Waals surface area contributed by atoms with Crippen molar-refractivity contribution in [2.24, 2.45) is 5.73 Å². The van der Waals surface area contributed by atoms with Crippen molar-refractivity contribution < 1.29 is 14.4 Å². The standard InChI is InChI=1S/C6H9N2O3P.ClH/c7-3-5-1-2-6(8-4-5)12(9,10)11;/h1-2,4H,3,7H2,(H2,9,10,11);1H. The summed E-state index contributed by atoms with van der Waals surface area (Å²) in [7, 11) is -4.20. The van der Waals surface area contributed by atoms with Crippen molar-refractivity contribution in [2.75, 3.05) is 0 Å². The van der Waals surface area contributed by atoms with Gasteiger partial charge in [0.25, 0.3) is 0 Å². The van der Waals surface area contributed by atoms with Gasteiger partial charge in [-0.25, -0.2) is 4.98 Å². The van der Waals surface area contributed by atoms with E-state index in [-0.39, 0.29) is 17.8 Å². The summed E-state index contributed by atoms with van der Waals surface area (Å²) in [6.45, 7) is 0.314. The molecular weight excluding hydrogens is 215 g/mol. The van der Waals surface area contributed by atoms with Crippen molar-refractivity contribution >= 4 is 25.4 Å². The van der Waals surface area contributed by atoms with E-state index in [4.69, 9.17) is 15.5 Å². The van der Waals surface area contributed by atoms with E-state index >= 15 is 0 Å². The monoisotopic (exact) mass is 224 g/mol. The lowest BCUT2D eigenvalue weighted by molar-refractivity contribution is 0.386. The Morgan fingerprint density at radius 1 is 1.46 bits per heavy atom. The fraction of sp³-hybridized carbons (Fsp3) is 0.167. The third-order valence-corrected chi connectivity index (χ3v) is 2.20. The van der Waals surface area contributed by atoms with E-state index in [2.05, 4.69) is 4.98 Å². The molecule has 0 aliphatic carbocycles. The number of nitrogens with zero attached hydrogens (tertiary/aromatic N) is 1. The summed E-state index contributed by atoms with van der Waals surface area (Å²) < 4.78 is 10.6. The average molecular weight is 225 g/mol. The second-order valence-corrected chi connectivity index (χ2v) is 3.82. The van der Waals surface area contributed by atoms with E-state index in [0.29, 0.717) is 6.54 Å². The number of rotatable bonds is 2. The molecule has 0 unspecified atom stereocenters. The molecule has 7 heteroatoms. The largest absolute Gasteiger partial charge is 0.374 e. The number of pyridine rings is 1. The van der Waals surface area contributed by atoms with Crippen LogP contribution in [0.2, 0.25) is 0 Å². The van der Waals surface area contributed by atoms with Crippen LogP contribution in [-0.2, 0) is 11.1 Å². The minimum absolute atomic E-state index is 0. The van der Waals surface area contributed by atoms with Crippen LogP contribution in [0.3, 0.4) is 0 Å². The number of hydrogen-bond donors (Lipinski definition) is 3. The van der Waals surface area contributed by atoms with Crippen LogP contribution in [0.5, 0.6) is 0 Å². The fourth-order valence-corrected chi connectivity index (χ4v) is 1.19. The first-order chi connectivity index (χ1) is 5.54. The highest BCUT2D eigenvalue weighted by Gasteiger charge is 2.17. The molecule has 1 heterocycles. The van der Waals surface area contributed by atoms with Crippen molar-refractivity contribution in [1.29, 1.82) is 0 Å². The summed E-state index contributed by atoms with van der Waals surface area (Å²) >= 11 is 0. The van der Waals surface area contributed by atoms with Gasteiger partial charge in [0.1, 0.15) is 0 Å². The highest BCUT2D eigenvalue weighted by Crippen LogP contribution is 2.31. The van der Waals surface area contributed by atoms with Gasteiger partial charge < -0.3 is 15.5 Å². The topological polar surface area (TPSA) is 96.4 Å². The predicted octanol–water partition coefficient (Wildman–Crippen LogP) is -0.235. The molecule has 0 aliphatic heterocycles. The zero-order valence-corrected chi connectivity index (χ0v) is 8.33. The third-order valence-electron chi connectivity index (χ3n) is 1.34. The molecule has 1 aromatic heterocycles. The maximum Gasteiger partial charge on any atom is 0.374 e. The highest BCUT2D eigenvalue weighted by molar-refractivity contribution is 7.60. The van der Waals surface area contributed by atoms with Crippen LogP contribution in [0.4, 0.5) is 0 Å². The molecule has 0 bridgehead atoms. The zero-order valence-electron chi connectivity index (χ0n) is 6.62. The Hall–Kier alpha value is -0.450. The Balaban J connectivity index is 0.00000144. The summed E-state index contributed by atoms with van der Waals surface area (Å²) in [4.78, 5) is 20.9. The van der Waals surface area contributed by atoms with Gasteiger partial charge in [0, 0.05) is 12.7 Å². The fourth-order valence-electron chi connectivity index (χ4n) is 0.710. The normalized spacial score (nSPS) is 10.7. The van der Waals surface area contributed by atoms with E-state index in [1.165, 1.54) is 12.3 Å². The Labute approximate surface area is 81.6 Å². The van der Waals surface area contributed by atoms with E-state index < -0.39 is 7.60 Å². The van der Waals surface area contributed by atoms with Crippen molar-refractivity contribution in [3.63, 3.8) is 0 Å². The summed E-state index contributed by atoms with van der Waals surface area (Å²) in [5, 5.41) is 0. The summed E-state index contributed by atoms with van der Waals surface area (Å²) in [6.07, 6.45) is 1.36. The van der Waals surface area contributed by atoms with Crippen LogP contribution < -0.4 is 11.2 Å². The molecule has 1 rings (SSSR count). The van der Waals surface area contributed by atoms with Crippen LogP contribution >= 0.6 is 20.0 Å². The van der Waals surface area contributed by atoms with Gasteiger partial charge in [-0.1, -0.05) is 6.07 Å². The maximum atomic E-state index is 10.6. The third kappa shape index (κ3) is 3.42. The SMILES string of the molecule is Cl.NCc1ccc(P(=O)(O)O)nc1. The Morgan fingerprint density at radius 2 is 2.08 bits per heavy atom. The summed E-state index contributed by atoms with van der Waals surface area (Å²) in [5.41, 5.74) is 5.80. The lowest BCUT2D eigenvalue weighted by atomic mass is 10.3. The molecule has 0 atom stereocenters. The van der Waals surface area contributed by atoms with Crippen LogP contribution in [0.1, 0.15) is 5.56 Å². The van der Waals surface area contributed by atoms with Gasteiger partial charge in [-0.05, 0) is 11.6 Å². The molecule has 0 radical (unpaired) electrons. The minimum Gasteiger partial charge on any atom is -0.326 e. The first-order valence-corrected chi connectivity index (χ1v) is 4.86. The quantitative estimate of drug-likeness (QED) is 0.603. The van der Waals surface area contributed by atoms with Crippen molar-refractivity contribution in [2.45, 2.75) is 6.54 Å². The van der Waals surface area contributed by atoms with Crippen LogP contribution in [-0.4, -0.2) is 14.8 Å². The molecule has 13 heavy (non-hydrogen) atoms. The number of nitrogens with two attached hydrogens (primary N) is 1. The molecule has 74 valence electrons. The predicted molar refractivity (Wildman–Crippen MR) is 51.1 cm³/mol. The van der Waals surface area contributed by atoms with Crippen molar-refractivity contribution in [3.05, 3.63) is 23.9 Å². The van der Waals surface area contributed by atoms with Crippen LogP contribution in [0.25, 0.3) is 0 Å². The molecule has 0 fully saturated rings. The lowest BCUT2D eigenvalue weighted by Gasteiger charge is -2.02. The Kier molecular flexibility index (Phi) is 4.53. The summed E-state index contributed by atoms with van der Waals surface area (Å²) in [6, 6.07) is 2.82. The molecule has 0 spiro atoms. The maximum absolute atomic E-state index is 10.6. The van der Waals surface area contributed by atoms with Gasteiger partial charge in [0.15, 0.2) is 5.44 Å². The second kappa shape index (κ2) is 4.69. The molecule has 1 aromatic rings. The van der Waals surface area contributed by atoms with Gasteiger partial charge in [0.2, 0.25) is 0 Å². The highest BCUT2D eigenvalue weighted by atomic mass is 35.5. The molecule has 5 nitrogen and oxygen atoms in total. The molecule has 4 N–H and O–H groups in total. The van der Waals surface area contributed by atoms with Crippen molar-refractivity contribution in [1.82, 2.24) is 4.98 Å². The van der Waals surface area contributed by atoms with Crippen molar-refractivity contribution in [3.8, 4) is 0 Å². The molecule has 0 amide bonds. The van der Waals surface area contributed by atoms with E-state index in [9.17, 15) is 4.57 Å². The lowest BCUT2D eigenvalue weighted by Crippen LogP contribution is -2.09. The van der Waals surface area contributed by atoms with Gasteiger partial charge in [0.05, 0.1) is 0 Å². The number of halogens is 1. The molecule has 0 saturated heterocycles. The van der Waals surface area contributed by atoms with Gasteiger partial charge in [-0.3, -0.25) is 4.57 Å². The summed E-state index contributed by atoms with van der Waals surface area (Å²) in [5.74, 6) is 0. The number of aromatic nitrogens is 1. The van der Waals surface area contributed by atoms with Gasteiger partial charge in [-0.2, -0.15) is 0 Å². The van der Waals surface area contributed by atoms with E-state index in [1.807, 2.05) is 0 Å². The molecule has 0 aromatic carbocycles. The molecule has 0 saturated carbocycles. The minimum atomic E-state index is -4.20. The average Bonchev–Trinajstić information content (AvgIpc) is 2.03. The van der Waals surface area contributed by atoms with Crippen LogP contribution in [0.15, 0.2) is 18.3 Å². The molecular formula is C6H10ClN2O3P. The Bertz CT molecular complexity index is 310. The number of hydrogen-bond acceptors (Lipinski definition) is 3. The molecule has 0 aliphatic rings.